The number of hydrogen-bond acceptors (Lipinski definition) is 6. The lowest BCUT2D eigenvalue weighted by Gasteiger charge is -2.13. The van der Waals surface area contributed by atoms with Crippen molar-refractivity contribution in [3.8, 4) is 5.75 Å². The molecule has 0 aliphatic heterocycles. The molecule has 0 radical (unpaired) electrons. The molecule has 7 heteroatoms. The summed E-state index contributed by atoms with van der Waals surface area (Å²) < 4.78 is 7.56. The van der Waals surface area contributed by atoms with Crippen LogP contribution in [0.15, 0.2) is 30.5 Å². The first kappa shape index (κ1) is 17.8. The zero-order valence-electron chi connectivity index (χ0n) is 15.3. The molecule has 0 saturated carbocycles. The second kappa shape index (κ2) is 7.95. The van der Waals surface area contributed by atoms with Crippen molar-refractivity contribution in [1.82, 2.24) is 14.5 Å². The number of nitrogen functional groups attached to an aromatic ring is 2. The van der Waals surface area contributed by atoms with Gasteiger partial charge in [0, 0.05) is 24.0 Å². The molecular weight excluding hydrogens is 328 g/mol. The Hall–Kier alpha value is -2.96. The van der Waals surface area contributed by atoms with E-state index in [1.165, 1.54) is 12.8 Å². The Morgan fingerprint density at radius 2 is 2.00 bits per heavy atom. The van der Waals surface area contributed by atoms with Gasteiger partial charge in [-0.15, -0.1) is 0 Å². The molecule has 0 atom stereocenters. The van der Waals surface area contributed by atoms with Crippen LogP contribution >= 0.6 is 0 Å². The van der Waals surface area contributed by atoms with Crippen molar-refractivity contribution in [3.63, 3.8) is 0 Å². The number of rotatable bonds is 8. The largest absolute Gasteiger partial charge is 0.496 e. The lowest BCUT2D eigenvalue weighted by Crippen LogP contribution is -2.09. The summed E-state index contributed by atoms with van der Waals surface area (Å²) in [4.78, 5) is 8.77. The number of nitrogens with one attached hydrogen (secondary N) is 1. The molecule has 0 fully saturated rings. The van der Waals surface area contributed by atoms with E-state index in [0.29, 0.717) is 12.2 Å². The molecule has 1 aromatic carbocycles. The predicted molar refractivity (Wildman–Crippen MR) is 106 cm³/mol. The zero-order valence-corrected chi connectivity index (χ0v) is 15.3. The fourth-order valence-electron chi connectivity index (χ4n) is 3.07. The van der Waals surface area contributed by atoms with Crippen molar-refractivity contribution in [2.24, 2.45) is 0 Å². The lowest BCUT2D eigenvalue weighted by atomic mass is 10.1. The van der Waals surface area contributed by atoms with Gasteiger partial charge in [0.25, 0.3) is 0 Å². The Morgan fingerprint density at radius 3 is 2.77 bits per heavy atom. The van der Waals surface area contributed by atoms with Gasteiger partial charge in [-0.05, 0) is 30.7 Å². The molecular formula is C19H26N6O. The van der Waals surface area contributed by atoms with E-state index < -0.39 is 0 Å². The number of aromatic nitrogens is 3. The van der Waals surface area contributed by atoms with Crippen molar-refractivity contribution in [2.45, 2.75) is 32.7 Å². The van der Waals surface area contributed by atoms with E-state index >= 15 is 0 Å². The standard InChI is InChI=1S/C19H26N6O/c1-3-4-5-9-22-18-17-15(23-19(21)24-18)8-10-25(17)12-13-11-14(20)6-7-16(13)26-2/h6-8,10-11H,3-5,9,12,20H2,1-2H3,(H3,21,22,23,24). The summed E-state index contributed by atoms with van der Waals surface area (Å²) in [6.45, 7) is 3.64. The average Bonchev–Trinajstić information content (AvgIpc) is 3.01. The molecule has 0 bridgehead atoms. The Morgan fingerprint density at radius 1 is 1.15 bits per heavy atom. The maximum atomic E-state index is 5.95. The van der Waals surface area contributed by atoms with Crippen molar-refractivity contribution >= 4 is 28.5 Å². The van der Waals surface area contributed by atoms with Gasteiger partial charge in [-0.25, -0.2) is 4.98 Å². The number of methoxy groups -OCH3 is 1. The highest BCUT2D eigenvalue weighted by molar-refractivity contribution is 5.87. The zero-order chi connectivity index (χ0) is 18.5. The van der Waals surface area contributed by atoms with Gasteiger partial charge in [0.05, 0.1) is 19.2 Å². The van der Waals surface area contributed by atoms with Crippen LogP contribution < -0.4 is 21.5 Å². The van der Waals surface area contributed by atoms with Crippen molar-refractivity contribution < 1.29 is 4.74 Å². The Kier molecular flexibility index (Phi) is 5.46. The Bertz CT molecular complexity index is 889. The first-order valence-electron chi connectivity index (χ1n) is 8.91. The molecule has 0 amide bonds. The SMILES string of the molecule is CCCCCNc1nc(N)nc2ccn(Cc3cc(N)ccc3OC)c12. The van der Waals surface area contributed by atoms with Gasteiger partial charge in [0.2, 0.25) is 5.95 Å². The number of nitrogens with two attached hydrogens (primary N) is 2. The predicted octanol–water partition coefficient (Wildman–Crippen LogP) is 3.25. The first-order valence-corrected chi connectivity index (χ1v) is 8.91. The highest BCUT2D eigenvalue weighted by Gasteiger charge is 2.13. The van der Waals surface area contributed by atoms with E-state index in [2.05, 4.69) is 26.8 Å². The van der Waals surface area contributed by atoms with E-state index in [1.54, 1.807) is 7.11 Å². The maximum Gasteiger partial charge on any atom is 0.222 e. The molecule has 0 saturated heterocycles. The van der Waals surface area contributed by atoms with E-state index in [9.17, 15) is 0 Å². The molecule has 2 aromatic heterocycles. The Labute approximate surface area is 153 Å². The number of anilines is 3. The molecule has 3 rings (SSSR count). The summed E-state index contributed by atoms with van der Waals surface area (Å²) in [5, 5.41) is 3.41. The van der Waals surface area contributed by atoms with Crippen LogP contribution in [0.1, 0.15) is 31.7 Å². The van der Waals surface area contributed by atoms with Gasteiger partial charge < -0.3 is 26.1 Å². The van der Waals surface area contributed by atoms with Crippen LogP contribution in [0.3, 0.4) is 0 Å². The van der Waals surface area contributed by atoms with Crippen LogP contribution in [-0.2, 0) is 6.54 Å². The second-order valence-electron chi connectivity index (χ2n) is 6.31. The van der Waals surface area contributed by atoms with E-state index in [1.807, 2.05) is 30.5 Å². The third-order valence-electron chi connectivity index (χ3n) is 4.35. The van der Waals surface area contributed by atoms with Crippen molar-refractivity contribution in [2.75, 3.05) is 30.4 Å². The van der Waals surface area contributed by atoms with Crippen LogP contribution in [-0.4, -0.2) is 28.2 Å². The normalized spacial score (nSPS) is 11.0. The number of hydrogen-bond donors (Lipinski definition) is 3. The highest BCUT2D eigenvalue weighted by atomic mass is 16.5. The minimum absolute atomic E-state index is 0.273. The number of ether oxygens (including phenoxy) is 1. The van der Waals surface area contributed by atoms with Crippen LogP contribution in [0, 0.1) is 0 Å². The quantitative estimate of drug-likeness (QED) is 0.424. The fourth-order valence-corrected chi connectivity index (χ4v) is 3.07. The van der Waals surface area contributed by atoms with Gasteiger partial charge in [0.15, 0.2) is 5.82 Å². The molecule has 26 heavy (non-hydrogen) atoms. The van der Waals surface area contributed by atoms with Crippen molar-refractivity contribution in [3.05, 3.63) is 36.0 Å². The molecule has 3 aromatic rings. The van der Waals surface area contributed by atoms with E-state index in [-0.39, 0.29) is 5.95 Å². The minimum atomic E-state index is 0.273. The fraction of sp³-hybridized carbons (Fsp3) is 0.368. The number of fused-ring (bicyclic) bond motifs is 1. The average molecular weight is 354 g/mol. The van der Waals surface area contributed by atoms with Gasteiger partial charge in [-0.1, -0.05) is 19.8 Å². The van der Waals surface area contributed by atoms with Crippen LogP contribution in [0.25, 0.3) is 11.0 Å². The maximum absolute atomic E-state index is 5.95. The van der Waals surface area contributed by atoms with Gasteiger partial charge in [0.1, 0.15) is 11.3 Å². The van der Waals surface area contributed by atoms with Gasteiger partial charge in [-0.2, -0.15) is 4.98 Å². The summed E-state index contributed by atoms with van der Waals surface area (Å²) in [7, 11) is 1.66. The topological polar surface area (TPSA) is 104 Å². The molecule has 2 heterocycles. The molecule has 7 nitrogen and oxygen atoms in total. The summed E-state index contributed by atoms with van der Waals surface area (Å²) in [5.74, 6) is 1.83. The number of nitrogens with zero attached hydrogens (tertiary/aromatic N) is 3. The third kappa shape index (κ3) is 3.82. The Balaban J connectivity index is 1.95. The second-order valence-corrected chi connectivity index (χ2v) is 6.31. The van der Waals surface area contributed by atoms with Gasteiger partial charge >= 0.3 is 0 Å². The third-order valence-corrected chi connectivity index (χ3v) is 4.35. The van der Waals surface area contributed by atoms with Gasteiger partial charge in [-0.3, -0.25) is 0 Å². The van der Waals surface area contributed by atoms with Crippen LogP contribution in [0.5, 0.6) is 5.75 Å². The number of benzene rings is 1. The van der Waals surface area contributed by atoms with E-state index in [4.69, 9.17) is 16.2 Å². The summed E-state index contributed by atoms with van der Waals surface area (Å²) >= 11 is 0. The molecule has 0 unspecified atom stereocenters. The molecule has 0 spiro atoms. The molecule has 0 aliphatic carbocycles. The lowest BCUT2D eigenvalue weighted by molar-refractivity contribution is 0.408. The molecule has 0 aliphatic rings. The minimum Gasteiger partial charge on any atom is -0.496 e. The van der Waals surface area contributed by atoms with E-state index in [0.717, 1.165) is 41.1 Å². The summed E-state index contributed by atoms with van der Waals surface area (Å²) in [6.07, 6.45) is 5.43. The van der Waals surface area contributed by atoms with Crippen LogP contribution in [0.2, 0.25) is 0 Å². The summed E-state index contributed by atoms with van der Waals surface area (Å²) in [6, 6.07) is 7.59. The monoisotopic (exact) mass is 354 g/mol. The smallest absolute Gasteiger partial charge is 0.222 e. The highest BCUT2D eigenvalue weighted by Crippen LogP contribution is 2.27. The number of unbranched alkanes of at least 4 members (excludes halogenated alkanes) is 2. The molecule has 5 N–H and O–H groups in total. The van der Waals surface area contributed by atoms with Crippen molar-refractivity contribution in [1.29, 1.82) is 0 Å². The van der Waals surface area contributed by atoms with Crippen LogP contribution in [0.4, 0.5) is 17.5 Å². The first-order chi connectivity index (χ1) is 12.6. The summed E-state index contributed by atoms with van der Waals surface area (Å²) in [5.41, 5.74) is 15.3. The molecule has 138 valence electrons.